The first-order valence-corrected chi connectivity index (χ1v) is 11.3. The summed E-state index contributed by atoms with van der Waals surface area (Å²) < 4.78 is 33.8. The number of aryl methyl sites for hydroxylation is 1. The van der Waals surface area contributed by atoms with Crippen molar-refractivity contribution in [2.75, 3.05) is 47.4 Å². The first-order chi connectivity index (χ1) is 13.9. The summed E-state index contributed by atoms with van der Waals surface area (Å²) in [7, 11) is -3.71. The van der Waals surface area contributed by atoms with Gasteiger partial charge in [0.05, 0.1) is 18.1 Å². The summed E-state index contributed by atoms with van der Waals surface area (Å²) in [5.74, 6) is -0.0277. The lowest BCUT2D eigenvalue weighted by molar-refractivity contribution is -0.116. The Kier molecular flexibility index (Phi) is 5.47. The maximum atomic E-state index is 12.9. The molecular weight excluding hydrogens is 390 g/mol. The van der Waals surface area contributed by atoms with Crippen LogP contribution in [0.5, 0.6) is 0 Å². The minimum atomic E-state index is -3.71. The molecule has 0 unspecified atom stereocenters. The lowest BCUT2D eigenvalue weighted by Crippen LogP contribution is -2.36. The molecule has 0 spiro atoms. The van der Waals surface area contributed by atoms with Gasteiger partial charge in [-0.25, -0.2) is 8.42 Å². The van der Waals surface area contributed by atoms with Crippen molar-refractivity contribution < 1.29 is 17.9 Å². The molecule has 1 amide bonds. The number of sulfonamides is 1. The summed E-state index contributed by atoms with van der Waals surface area (Å²) in [6.07, 6.45) is 1.59. The fourth-order valence-corrected chi connectivity index (χ4v) is 4.95. The number of fused-ring (bicyclic) bond motifs is 1. The van der Waals surface area contributed by atoms with Gasteiger partial charge in [0, 0.05) is 43.6 Å². The Bertz CT molecular complexity index is 999. The second kappa shape index (κ2) is 8.04. The highest BCUT2D eigenvalue weighted by molar-refractivity contribution is 7.92. The molecule has 0 aliphatic carbocycles. The molecule has 1 saturated heterocycles. The Hall–Kier alpha value is -2.58. The third-order valence-electron chi connectivity index (χ3n) is 5.36. The average molecular weight is 416 g/mol. The molecule has 0 saturated carbocycles. The predicted octanol–water partition coefficient (Wildman–Crippen LogP) is 2.62. The zero-order chi connectivity index (χ0) is 20.4. The van der Waals surface area contributed by atoms with E-state index in [1.165, 1.54) is 6.92 Å². The highest BCUT2D eigenvalue weighted by Gasteiger charge is 2.23. The maximum Gasteiger partial charge on any atom is 0.261 e. The van der Waals surface area contributed by atoms with Crippen molar-refractivity contribution in [1.82, 2.24) is 0 Å². The van der Waals surface area contributed by atoms with Crippen molar-refractivity contribution in [3.8, 4) is 0 Å². The van der Waals surface area contributed by atoms with Gasteiger partial charge in [-0.2, -0.15) is 0 Å². The van der Waals surface area contributed by atoms with E-state index in [-0.39, 0.29) is 10.8 Å². The maximum absolute atomic E-state index is 12.9. The Morgan fingerprint density at radius 3 is 2.45 bits per heavy atom. The predicted molar refractivity (Wildman–Crippen MR) is 113 cm³/mol. The van der Waals surface area contributed by atoms with Gasteiger partial charge < -0.3 is 14.5 Å². The summed E-state index contributed by atoms with van der Waals surface area (Å²) in [6.45, 7) is 5.26. The molecule has 0 radical (unpaired) electrons. The van der Waals surface area contributed by atoms with Crippen LogP contribution in [0.2, 0.25) is 0 Å². The van der Waals surface area contributed by atoms with Crippen LogP contribution >= 0.6 is 0 Å². The van der Waals surface area contributed by atoms with E-state index < -0.39 is 10.0 Å². The summed E-state index contributed by atoms with van der Waals surface area (Å²) in [6, 6.07) is 12.4. The van der Waals surface area contributed by atoms with Crippen LogP contribution in [-0.4, -0.2) is 47.2 Å². The second-order valence-electron chi connectivity index (χ2n) is 7.32. The normalized spacial score (nSPS) is 17.0. The molecule has 2 aliphatic rings. The van der Waals surface area contributed by atoms with E-state index in [9.17, 15) is 13.2 Å². The number of ether oxygens (including phenoxy) is 1. The largest absolute Gasteiger partial charge is 0.378 e. The van der Waals surface area contributed by atoms with Crippen molar-refractivity contribution in [3.05, 3.63) is 48.0 Å². The van der Waals surface area contributed by atoms with Gasteiger partial charge in [-0.1, -0.05) is 0 Å². The van der Waals surface area contributed by atoms with Crippen molar-refractivity contribution in [2.45, 2.75) is 24.7 Å². The monoisotopic (exact) mass is 415 g/mol. The summed E-state index contributed by atoms with van der Waals surface area (Å²) in [4.78, 5) is 15.9. The lowest BCUT2D eigenvalue weighted by atomic mass is 10.0. The fraction of sp³-hybridized carbons (Fsp3) is 0.381. The molecule has 4 rings (SSSR count). The number of benzene rings is 2. The molecule has 0 aromatic heterocycles. The van der Waals surface area contributed by atoms with E-state index in [1.54, 1.807) is 35.2 Å². The quantitative estimate of drug-likeness (QED) is 0.831. The van der Waals surface area contributed by atoms with Crippen LogP contribution in [0.25, 0.3) is 0 Å². The highest BCUT2D eigenvalue weighted by Crippen LogP contribution is 2.30. The van der Waals surface area contributed by atoms with Crippen molar-refractivity contribution >= 4 is 33.0 Å². The van der Waals surface area contributed by atoms with Crippen LogP contribution in [0.4, 0.5) is 17.1 Å². The van der Waals surface area contributed by atoms with E-state index in [4.69, 9.17) is 4.74 Å². The smallest absolute Gasteiger partial charge is 0.261 e. The number of nitrogens with zero attached hydrogens (tertiary/aromatic N) is 2. The number of anilines is 3. The second-order valence-corrected chi connectivity index (χ2v) is 9.00. The van der Waals surface area contributed by atoms with Gasteiger partial charge >= 0.3 is 0 Å². The molecule has 0 bridgehead atoms. The van der Waals surface area contributed by atoms with Gasteiger partial charge in [-0.3, -0.25) is 9.52 Å². The summed E-state index contributed by atoms with van der Waals surface area (Å²) >= 11 is 0. The Morgan fingerprint density at radius 2 is 1.76 bits per heavy atom. The summed E-state index contributed by atoms with van der Waals surface area (Å²) in [5, 5.41) is 0. The molecule has 2 heterocycles. The Balaban J connectivity index is 1.52. The molecule has 8 heteroatoms. The average Bonchev–Trinajstić information content (AvgIpc) is 2.73. The molecule has 7 nitrogen and oxygen atoms in total. The van der Waals surface area contributed by atoms with E-state index in [2.05, 4.69) is 9.62 Å². The Morgan fingerprint density at radius 1 is 1.03 bits per heavy atom. The fourth-order valence-electron chi connectivity index (χ4n) is 3.84. The van der Waals surface area contributed by atoms with E-state index in [0.29, 0.717) is 25.4 Å². The third-order valence-corrected chi connectivity index (χ3v) is 6.73. The van der Waals surface area contributed by atoms with E-state index in [0.717, 1.165) is 42.9 Å². The molecule has 1 N–H and O–H groups in total. The topological polar surface area (TPSA) is 79.0 Å². The van der Waals surface area contributed by atoms with Crippen LogP contribution in [0, 0.1) is 0 Å². The lowest BCUT2D eigenvalue weighted by Gasteiger charge is -2.29. The molecule has 2 aliphatic heterocycles. The first kappa shape index (κ1) is 19.7. The van der Waals surface area contributed by atoms with Gasteiger partial charge in [-0.15, -0.1) is 0 Å². The number of rotatable bonds is 4. The number of nitrogens with one attached hydrogen (secondary N) is 1. The third kappa shape index (κ3) is 4.23. The standard InChI is InChI=1S/C21H25N3O4S/c1-16(25)24-10-2-3-17-15-20(8-9-21(17)24)29(26,27)22-18-4-6-19(7-5-18)23-11-13-28-14-12-23/h4-9,15,22H,2-3,10-14H2,1H3. The van der Waals surface area contributed by atoms with Crippen LogP contribution in [0.1, 0.15) is 18.9 Å². The van der Waals surface area contributed by atoms with Crippen LogP contribution in [0.3, 0.4) is 0 Å². The van der Waals surface area contributed by atoms with Crippen LogP contribution in [-0.2, 0) is 26.0 Å². The number of morpholine rings is 1. The first-order valence-electron chi connectivity index (χ1n) is 9.81. The molecule has 1 fully saturated rings. The zero-order valence-corrected chi connectivity index (χ0v) is 17.2. The number of carbonyl (C=O) groups is 1. The summed E-state index contributed by atoms with van der Waals surface area (Å²) in [5.41, 5.74) is 3.26. The van der Waals surface area contributed by atoms with Crippen molar-refractivity contribution in [2.24, 2.45) is 0 Å². The highest BCUT2D eigenvalue weighted by atomic mass is 32.2. The van der Waals surface area contributed by atoms with Gasteiger partial charge in [-0.05, 0) is 60.9 Å². The van der Waals surface area contributed by atoms with Gasteiger partial charge in [0.2, 0.25) is 5.91 Å². The van der Waals surface area contributed by atoms with Gasteiger partial charge in [0.15, 0.2) is 0 Å². The van der Waals surface area contributed by atoms with E-state index >= 15 is 0 Å². The molecule has 2 aromatic rings. The van der Waals surface area contributed by atoms with Gasteiger partial charge in [0.25, 0.3) is 10.0 Å². The molecule has 0 atom stereocenters. The molecule has 154 valence electrons. The van der Waals surface area contributed by atoms with Crippen LogP contribution < -0.4 is 14.5 Å². The molecular formula is C21H25N3O4S. The Labute approximate surface area is 171 Å². The SMILES string of the molecule is CC(=O)N1CCCc2cc(S(=O)(=O)Nc3ccc(N4CCOCC4)cc3)ccc21. The van der Waals surface area contributed by atoms with Crippen molar-refractivity contribution in [1.29, 1.82) is 0 Å². The minimum absolute atomic E-state index is 0.0277. The number of carbonyl (C=O) groups excluding carboxylic acids is 1. The number of hydrogen-bond donors (Lipinski definition) is 1. The number of hydrogen-bond acceptors (Lipinski definition) is 5. The number of amides is 1. The zero-order valence-electron chi connectivity index (χ0n) is 16.4. The van der Waals surface area contributed by atoms with Crippen molar-refractivity contribution in [3.63, 3.8) is 0 Å². The minimum Gasteiger partial charge on any atom is -0.378 e. The van der Waals surface area contributed by atoms with Crippen LogP contribution in [0.15, 0.2) is 47.4 Å². The molecule has 2 aromatic carbocycles. The van der Waals surface area contributed by atoms with E-state index in [1.807, 2.05) is 12.1 Å². The van der Waals surface area contributed by atoms with Gasteiger partial charge in [0.1, 0.15) is 0 Å². The molecule has 29 heavy (non-hydrogen) atoms.